The fourth-order valence-corrected chi connectivity index (χ4v) is 4.64. The van der Waals surface area contributed by atoms with Gasteiger partial charge < -0.3 is 15.2 Å². The van der Waals surface area contributed by atoms with E-state index < -0.39 is 11.6 Å². The highest BCUT2D eigenvalue weighted by molar-refractivity contribution is 5.93. The number of nitrogens with two attached hydrogens (primary N) is 1. The second-order valence-electron chi connectivity index (χ2n) is 8.92. The average molecular weight is 522 g/mol. The lowest BCUT2D eigenvalue weighted by Gasteiger charge is -2.36. The Bertz CT molecular complexity index is 1710. The molecule has 0 fully saturated rings. The minimum Gasteiger partial charge on any atom is -0.456 e. The number of rotatable bonds is 7. The normalized spacial score (nSPS) is 10.7. The molecule has 0 radical (unpaired) electrons. The largest absolute Gasteiger partial charge is 0.456 e. The molecule has 0 heterocycles. The van der Waals surface area contributed by atoms with Crippen LogP contribution in [0.2, 0.25) is 0 Å². The zero-order chi connectivity index (χ0) is 28.0. The van der Waals surface area contributed by atoms with Gasteiger partial charge >= 0.3 is 5.97 Å². The Morgan fingerprint density at radius 1 is 0.675 bits per heavy atom. The molecule has 0 aromatic heterocycles. The van der Waals surface area contributed by atoms with Gasteiger partial charge in [-0.15, -0.1) is 0 Å². The standard InChI is InChI=1S/C34H23N3O3/c35-22-24-19-20-28(21-25(24)23-36)39-32-18-10-7-15-29(32)33(38)40-34(26-11-3-1-4-12-26,27-13-5-2-6-14-27)30-16-8-9-17-31(30)37/h1-21H,37H2. The summed E-state index contributed by atoms with van der Waals surface area (Å²) in [6.07, 6.45) is 0. The van der Waals surface area contributed by atoms with Crippen LogP contribution in [0.5, 0.6) is 11.5 Å². The monoisotopic (exact) mass is 521 g/mol. The number of carbonyl (C=O) groups excluding carboxylic acids is 1. The maximum absolute atomic E-state index is 14.1. The minimum absolute atomic E-state index is 0.173. The van der Waals surface area contributed by atoms with E-state index in [2.05, 4.69) is 0 Å². The summed E-state index contributed by atoms with van der Waals surface area (Å²) in [6.45, 7) is 0. The summed E-state index contributed by atoms with van der Waals surface area (Å²) in [4.78, 5) is 14.1. The molecule has 0 atom stereocenters. The lowest BCUT2D eigenvalue weighted by Crippen LogP contribution is -2.36. The van der Waals surface area contributed by atoms with E-state index in [1.165, 1.54) is 12.1 Å². The van der Waals surface area contributed by atoms with Crippen molar-refractivity contribution in [1.82, 2.24) is 0 Å². The predicted molar refractivity (Wildman–Crippen MR) is 151 cm³/mol. The molecular formula is C34H23N3O3. The number of anilines is 1. The molecule has 0 saturated carbocycles. The number of para-hydroxylation sites is 2. The minimum atomic E-state index is -1.37. The zero-order valence-corrected chi connectivity index (χ0v) is 21.3. The van der Waals surface area contributed by atoms with E-state index in [0.717, 1.165) is 11.1 Å². The van der Waals surface area contributed by atoms with Crippen molar-refractivity contribution in [3.63, 3.8) is 0 Å². The fourth-order valence-electron chi connectivity index (χ4n) is 4.64. The van der Waals surface area contributed by atoms with E-state index in [4.69, 9.17) is 15.2 Å². The molecule has 6 heteroatoms. The van der Waals surface area contributed by atoms with E-state index in [-0.39, 0.29) is 22.4 Å². The van der Waals surface area contributed by atoms with E-state index in [9.17, 15) is 15.3 Å². The summed E-state index contributed by atoms with van der Waals surface area (Å²) in [5, 5.41) is 18.7. The molecule has 5 rings (SSSR count). The number of hydrogen-bond donors (Lipinski definition) is 1. The first-order valence-electron chi connectivity index (χ1n) is 12.5. The fraction of sp³-hybridized carbons (Fsp3) is 0.0294. The van der Waals surface area contributed by atoms with E-state index >= 15 is 0 Å². The van der Waals surface area contributed by atoms with Crippen LogP contribution in [0.4, 0.5) is 5.69 Å². The van der Waals surface area contributed by atoms with Gasteiger partial charge in [0.25, 0.3) is 0 Å². The topological polar surface area (TPSA) is 109 Å². The average Bonchev–Trinajstić information content (AvgIpc) is 3.01. The lowest BCUT2D eigenvalue weighted by molar-refractivity contribution is 0.0141. The number of esters is 1. The van der Waals surface area contributed by atoms with Crippen LogP contribution in [0.3, 0.4) is 0 Å². The molecule has 0 saturated heterocycles. The first-order valence-corrected chi connectivity index (χ1v) is 12.5. The van der Waals surface area contributed by atoms with Gasteiger partial charge in [0.1, 0.15) is 29.2 Å². The van der Waals surface area contributed by atoms with Crippen LogP contribution in [-0.2, 0) is 10.3 Å². The van der Waals surface area contributed by atoms with E-state index in [1.54, 1.807) is 36.4 Å². The van der Waals surface area contributed by atoms with Gasteiger partial charge in [-0.25, -0.2) is 4.79 Å². The number of nitrogens with zero attached hydrogens (tertiary/aromatic N) is 2. The second-order valence-corrected chi connectivity index (χ2v) is 8.92. The third kappa shape index (κ3) is 4.86. The van der Waals surface area contributed by atoms with Crippen LogP contribution in [-0.4, -0.2) is 5.97 Å². The van der Waals surface area contributed by atoms with Gasteiger partial charge in [-0.05, 0) is 36.4 Å². The Balaban J connectivity index is 1.63. The molecule has 0 amide bonds. The van der Waals surface area contributed by atoms with Crippen LogP contribution in [0.15, 0.2) is 127 Å². The molecule has 2 N–H and O–H groups in total. The highest BCUT2D eigenvalue weighted by Crippen LogP contribution is 2.44. The molecule has 6 nitrogen and oxygen atoms in total. The van der Waals surface area contributed by atoms with Gasteiger partial charge in [-0.3, -0.25) is 0 Å². The maximum Gasteiger partial charge on any atom is 0.343 e. The van der Waals surface area contributed by atoms with E-state index in [0.29, 0.717) is 17.0 Å². The van der Waals surface area contributed by atoms with Gasteiger partial charge in [-0.1, -0.05) is 91.0 Å². The summed E-state index contributed by atoms with van der Waals surface area (Å²) in [7, 11) is 0. The third-order valence-electron chi connectivity index (χ3n) is 6.51. The summed E-state index contributed by atoms with van der Waals surface area (Å²) >= 11 is 0. The molecule has 0 aliphatic heterocycles. The van der Waals surface area contributed by atoms with Crippen molar-refractivity contribution >= 4 is 11.7 Å². The predicted octanol–water partition coefficient (Wildman–Crippen LogP) is 6.95. The Kier molecular flexibility index (Phi) is 7.26. The van der Waals surface area contributed by atoms with Gasteiger partial charge in [0.05, 0.1) is 11.1 Å². The van der Waals surface area contributed by atoms with Crippen molar-refractivity contribution in [1.29, 1.82) is 10.5 Å². The van der Waals surface area contributed by atoms with Crippen LogP contribution in [0.1, 0.15) is 38.2 Å². The first-order chi connectivity index (χ1) is 19.6. The number of ether oxygens (including phenoxy) is 2. The molecule has 192 valence electrons. The molecule has 0 unspecified atom stereocenters. The van der Waals surface area contributed by atoms with Crippen LogP contribution < -0.4 is 10.5 Å². The number of carbonyl (C=O) groups is 1. The van der Waals surface area contributed by atoms with Crippen LogP contribution >= 0.6 is 0 Å². The summed E-state index contributed by atoms with van der Waals surface area (Å²) in [5.41, 5.74) is 8.24. The number of nitrogen functional groups attached to an aromatic ring is 1. The Hall–Kier alpha value is -5.85. The Labute approximate surface area is 232 Å². The Morgan fingerprint density at radius 3 is 1.88 bits per heavy atom. The molecule has 40 heavy (non-hydrogen) atoms. The van der Waals surface area contributed by atoms with Crippen molar-refractivity contribution in [3.8, 4) is 23.6 Å². The summed E-state index contributed by atoms with van der Waals surface area (Å²) in [6, 6.07) is 41.5. The van der Waals surface area contributed by atoms with Gasteiger partial charge in [0, 0.05) is 22.4 Å². The highest BCUT2D eigenvalue weighted by atomic mass is 16.6. The third-order valence-corrected chi connectivity index (χ3v) is 6.51. The van der Waals surface area contributed by atoms with Gasteiger partial charge in [-0.2, -0.15) is 10.5 Å². The van der Waals surface area contributed by atoms with Crippen molar-refractivity contribution in [2.45, 2.75) is 5.60 Å². The van der Waals surface area contributed by atoms with Crippen molar-refractivity contribution < 1.29 is 14.3 Å². The number of nitriles is 2. The van der Waals surface area contributed by atoms with Gasteiger partial charge in [0.15, 0.2) is 5.60 Å². The molecule has 0 bridgehead atoms. The van der Waals surface area contributed by atoms with E-state index in [1.807, 2.05) is 91.0 Å². The van der Waals surface area contributed by atoms with Gasteiger partial charge in [0.2, 0.25) is 0 Å². The molecule has 5 aromatic rings. The van der Waals surface area contributed by atoms with Crippen molar-refractivity contribution in [2.24, 2.45) is 0 Å². The molecule has 0 aliphatic carbocycles. The molecule has 0 aliphatic rings. The van der Waals surface area contributed by atoms with Crippen LogP contribution in [0, 0.1) is 22.7 Å². The first kappa shape index (κ1) is 25.8. The zero-order valence-electron chi connectivity index (χ0n) is 21.3. The number of hydrogen-bond acceptors (Lipinski definition) is 6. The Morgan fingerprint density at radius 2 is 1.25 bits per heavy atom. The SMILES string of the molecule is N#Cc1ccc(Oc2ccccc2C(=O)OC(c2ccccc2)(c2ccccc2)c2ccccc2N)cc1C#N. The van der Waals surface area contributed by atoms with Crippen molar-refractivity contribution in [2.75, 3.05) is 5.73 Å². The summed E-state index contributed by atoms with van der Waals surface area (Å²) < 4.78 is 12.6. The smallest absolute Gasteiger partial charge is 0.343 e. The second kappa shape index (κ2) is 11.3. The molecular weight excluding hydrogens is 498 g/mol. The summed E-state index contributed by atoms with van der Waals surface area (Å²) in [5.74, 6) is -0.0987. The quantitative estimate of drug-likeness (QED) is 0.141. The number of benzene rings is 5. The lowest BCUT2D eigenvalue weighted by atomic mass is 9.79. The molecule has 0 spiro atoms. The maximum atomic E-state index is 14.1. The molecule has 5 aromatic carbocycles. The van der Waals surface area contributed by atoms with Crippen LogP contribution in [0.25, 0.3) is 0 Å². The van der Waals surface area contributed by atoms with Crippen molar-refractivity contribution in [3.05, 3.63) is 161 Å². The highest BCUT2D eigenvalue weighted by Gasteiger charge is 2.42.